The highest BCUT2D eigenvalue weighted by atomic mass is 79.9. The van der Waals surface area contributed by atoms with Crippen molar-refractivity contribution in [3.63, 3.8) is 0 Å². The zero-order valence-corrected chi connectivity index (χ0v) is 17.0. The molecule has 2 aliphatic rings. The van der Waals surface area contributed by atoms with Crippen molar-refractivity contribution in [3.05, 3.63) is 64.1 Å². The highest BCUT2D eigenvalue weighted by Gasteiger charge is 2.40. The van der Waals surface area contributed by atoms with Crippen molar-refractivity contribution < 1.29 is 4.74 Å². The van der Waals surface area contributed by atoms with E-state index in [-0.39, 0.29) is 0 Å². The first-order chi connectivity index (χ1) is 12.7. The normalized spacial score (nSPS) is 23.8. The van der Waals surface area contributed by atoms with Crippen LogP contribution in [0.5, 0.6) is 5.75 Å². The Morgan fingerprint density at radius 1 is 1.04 bits per heavy atom. The number of likely N-dealkylation sites (tertiary alicyclic amines) is 2. The summed E-state index contributed by atoms with van der Waals surface area (Å²) >= 11 is 3.73. The van der Waals surface area contributed by atoms with Crippen LogP contribution in [0.15, 0.2) is 53.0 Å². The van der Waals surface area contributed by atoms with E-state index in [9.17, 15) is 0 Å². The Morgan fingerprint density at radius 3 is 2.46 bits per heavy atom. The average Bonchev–Trinajstić information content (AvgIpc) is 3.18. The standard InChI is InChI=1S/C22H27BrN2O/c1-26-20-10-8-17(9-11-20)22-14-19(16-24-12-4-5-13-24)25(22)15-18-6-2-3-7-21(18)23/h2-3,6-11,19,22H,4-5,12-16H2,1H3/t19-,22+/m0/s1. The monoisotopic (exact) mass is 414 g/mol. The molecule has 0 saturated carbocycles. The molecular formula is C22H27BrN2O. The van der Waals surface area contributed by atoms with Gasteiger partial charge in [-0.3, -0.25) is 4.90 Å². The molecule has 4 rings (SSSR count). The maximum absolute atomic E-state index is 5.32. The fourth-order valence-corrected chi connectivity index (χ4v) is 4.71. The second kappa shape index (κ2) is 8.12. The number of benzene rings is 2. The molecule has 2 aromatic rings. The summed E-state index contributed by atoms with van der Waals surface area (Å²) in [5, 5.41) is 0. The zero-order valence-electron chi connectivity index (χ0n) is 15.4. The fraction of sp³-hybridized carbons (Fsp3) is 0.455. The smallest absolute Gasteiger partial charge is 0.118 e. The summed E-state index contributed by atoms with van der Waals surface area (Å²) in [6.45, 7) is 4.74. The van der Waals surface area contributed by atoms with Gasteiger partial charge in [0, 0.05) is 29.6 Å². The molecule has 2 fully saturated rings. The van der Waals surface area contributed by atoms with Crippen molar-refractivity contribution in [1.82, 2.24) is 9.80 Å². The average molecular weight is 415 g/mol. The summed E-state index contributed by atoms with van der Waals surface area (Å²) in [6, 6.07) is 18.4. The number of nitrogens with zero attached hydrogens (tertiary/aromatic N) is 2. The van der Waals surface area contributed by atoms with E-state index in [0.717, 1.165) is 12.3 Å². The van der Waals surface area contributed by atoms with Crippen LogP contribution in [0.3, 0.4) is 0 Å². The van der Waals surface area contributed by atoms with E-state index in [4.69, 9.17) is 4.74 Å². The number of rotatable bonds is 6. The van der Waals surface area contributed by atoms with Crippen LogP contribution in [0.1, 0.15) is 36.4 Å². The maximum atomic E-state index is 5.32. The first-order valence-corrected chi connectivity index (χ1v) is 10.4. The predicted octanol–water partition coefficient (Wildman–Crippen LogP) is 4.87. The topological polar surface area (TPSA) is 15.7 Å². The van der Waals surface area contributed by atoms with Gasteiger partial charge < -0.3 is 9.64 Å². The Kier molecular flexibility index (Phi) is 5.63. The third-order valence-electron chi connectivity index (χ3n) is 5.84. The molecule has 2 heterocycles. The SMILES string of the molecule is COc1ccc([C@H]2C[C@@H](CN3CCCC3)N2Cc2ccccc2Br)cc1. The molecule has 2 aromatic carbocycles. The molecule has 2 aliphatic heterocycles. The van der Waals surface area contributed by atoms with Gasteiger partial charge in [-0.05, 0) is 61.7 Å². The van der Waals surface area contributed by atoms with Crippen molar-refractivity contribution in [2.24, 2.45) is 0 Å². The number of hydrogen-bond donors (Lipinski definition) is 0. The lowest BCUT2D eigenvalue weighted by molar-refractivity contribution is -0.0117. The minimum absolute atomic E-state index is 0.501. The molecular weight excluding hydrogens is 388 g/mol. The molecule has 3 nitrogen and oxygen atoms in total. The second-order valence-electron chi connectivity index (χ2n) is 7.45. The van der Waals surface area contributed by atoms with Crippen LogP contribution >= 0.6 is 15.9 Å². The third-order valence-corrected chi connectivity index (χ3v) is 6.62. The van der Waals surface area contributed by atoms with Crippen molar-refractivity contribution >= 4 is 15.9 Å². The molecule has 0 aromatic heterocycles. The summed E-state index contributed by atoms with van der Waals surface area (Å²) in [7, 11) is 1.73. The first kappa shape index (κ1) is 18.0. The van der Waals surface area contributed by atoms with Crippen LogP contribution in [0.2, 0.25) is 0 Å². The molecule has 26 heavy (non-hydrogen) atoms. The van der Waals surface area contributed by atoms with Crippen LogP contribution < -0.4 is 4.74 Å². The van der Waals surface area contributed by atoms with Gasteiger partial charge in [-0.15, -0.1) is 0 Å². The fourth-order valence-electron chi connectivity index (χ4n) is 4.30. The minimum Gasteiger partial charge on any atom is -0.497 e. The van der Waals surface area contributed by atoms with Gasteiger partial charge in [0.25, 0.3) is 0 Å². The summed E-state index contributed by atoms with van der Waals surface area (Å²) in [5.74, 6) is 0.930. The van der Waals surface area contributed by atoms with Gasteiger partial charge in [-0.2, -0.15) is 0 Å². The number of halogens is 1. The van der Waals surface area contributed by atoms with Gasteiger partial charge in [0.15, 0.2) is 0 Å². The molecule has 0 amide bonds. The molecule has 0 N–H and O–H groups in total. The predicted molar refractivity (Wildman–Crippen MR) is 109 cm³/mol. The molecule has 0 unspecified atom stereocenters. The van der Waals surface area contributed by atoms with E-state index in [1.54, 1.807) is 7.11 Å². The van der Waals surface area contributed by atoms with Gasteiger partial charge in [-0.1, -0.05) is 46.3 Å². The zero-order chi connectivity index (χ0) is 17.9. The number of methoxy groups -OCH3 is 1. The summed E-state index contributed by atoms with van der Waals surface area (Å²) in [5.41, 5.74) is 2.77. The Hall–Kier alpha value is -1.36. The molecule has 0 aliphatic carbocycles. The van der Waals surface area contributed by atoms with E-state index in [2.05, 4.69) is 74.3 Å². The third kappa shape index (κ3) is 3.83. The van der Waals surface area contributed by atoms with Crippen molar-refractivity contribution in [2.45, 2.75) is 37.9 Å². The molecule has 0 radical (unpaired) electrons. The Labute approximate surface area is 165 Å². The van der Waals surface area contributed by atoms with E-state index in [0.29, 0.717) is 12.1 Å². The largest absolute Gasteiger partial charge is 0.497 e. The van der Waals surface area contributed by atoms with Crippen molar-refractivity contribution in [1.29, 1.82) is 0 Å². The Balaban J connectivity index is 1.52. The quantitative estimate of drug-likeness (QED) is 0.670. The summed E-state index contributed by atoms with van der Waals surface area (Å²) in [6.07, 6.45) is 3.96. The van der Waals surface area contributed by atoms with E-state index < -0.39 is 0 Å². The number of ether oxygens (including phenoxy) is 1. The lowest BCUT2D eigenvalue weighted by Gasteiger charge is -2.50. The first-order valence-electron chi connectivity index (χ1n) is 9.60. The van der Waals surface area contributed by atoms with E-state index in [1.165, 1.54) is 54.5 Å². The number of hydrogen-bond acceptors (Lipinski definition) is 3. The van der Waals surface area contributed by atoms with Crippen LogP contribution in [0, 0.1) is 0 Å². The van der Waals surface area contributed by atoms with E-state index >= 15 is 0 Å². The van der Waals surface area contributed by atoms with Gasteiger partial charge in [0.1, 0.15) is 5.75 Å². The van der Waals surface area contributed by atoms with Gasteiger partial charge in [-0.25, -0.2) is 0 Å². The van der Waals surface area contributed by atoms with Gasteiger partial charge in [0.2, 0.25) is 0 Å². The summed E-state index contributed by atoms with van der Waals surface area (Å²) < 4.78 is 6.53. The van der Waals surface area contributed by atoms with Gasteiger partial charge >= 0.3 is 0 Å². The van der Waals surface area contributed by atoms with E-state index in [1.807, 2.05) is 0 Å². The molecule has 0 spiro atoms. The lowest BCUT2D eigenvalue weighted by atomic mass is 9.86. The van der Waals surface area contributed by atoms with Crippen LogP contribution in [-0.4, -0.2) is 42.6 Å². The molecule has 4 heteroatoms. The Bertz CT molecular complexity index is 727. The maximum Gasteiger partial charge on any atom is 0.118 e. The highest BCUT2D eigenvalue weighted by Crippen LogP contribution is 2.41. The molecule has 2 saturated heterocycles. The second-order valence-corrected chi connectivity index (χ2v) is 8.30. The van der Waals surface area contributed by atoms with Crippen LogP contribution in [0.4, 0.5) is 0 Å². The molecule has 2 atom stereocenters. The van der Waals surface area contributed by atoms with Gasteiger partial charge in [0.05, 0.1) is 7.11 Å². The Morgan fingerprint density at radius 2 is 1.77 bits per heavy atom. The van der Waals surface area contributed by atoms with Crippen molar-refractivity contribution in [3.8, 4) is 5.75 Å². The van der Waals surface area contributed by atoms with Crippen LogP contribution in [0.25, 0.3) is 0 Å². The molecule has 138 valence electrons. The summed E-state index contributed by atoms with van der Waals surface area (Å²) in [4.78, 5) is 5.32. The lowest BCUT2D eigenvalue weighted by Crippen LogP contribution is -2.54. The highest BCUT2D eigenvalue weighted by molar-refractivity contribution is 9.10. The van der Waals surface area contributed by atoms with Crippen LogP contribution in [-0.2, 0) is 6.54 Å². The van der Waals surface area contributed by atoms with Crippen molar-refractivity contribution in [2.75, 3.05) is 26.7 Å². The minimum atomic E-state index is 0.501. The molecule has 0 bridgehead atoms.